The Morgan fingerprint density at radius 3 is 2.92 bits per heavy atom. The van der Waals surface area contributed by atoms with E-state index in [-0.39, 0.29) is 5.82 Å². The van der Waals surface area contributed by atoms with Crippen LogP contribution in [0.25, 0.3) is 10.1 Å². The van der Waals surface area contributed by atoms with Crippen LogP contribution in [0.4, 0.5) is 4.39 Å². The molecule has 1 aromatic carbocycles. The minimum absolute atomic E-state index is 0.193. The normalized spacial score (nSPS) is 11.0. The lowest BCUT2D eigenvalue weighted by Crippen LogP contribution is -1.77. The summed E-state index contributed by atoms with van der Waals surface area (Å²) in [6, 6.07) is 3.31. The van der Waals surface area contributed by atoms with Crippen LogP contribution >= 0.6 is 39.0 Å². The lowest BCUT2D eigenvalue weighted by Gasteiger charge is -1.98. The van der Waals surface area contributed by atoms with Gasteiger partial charge >= 0.3 is 0 Å². The van der Waals surface area contributed by atoms with E-state index in [0.29, 0.717) is 4.47 Å². The van der Waals surface area contributed by atoms with Crippen molar-refractivity contribution in [3.63, 3.8) is 0 Å². The van der Waals surface area contributed by atoms with Gasteiger partial charge in [-0.2, -0.15) is 0 Å². The number of benzene rings is 1. The highest BCUT2D eigenvalue weighted by Gasteiger charge is 2.10. The summed E-state index contributed by atoms with van der Waals surface area (Å²) in [5, 5.41) is 3.05. The van der Waals surface area contributed by atoms with E-state index in [1.54, 1.807) is 23.1 Å². The van der Waals surface area contributed by atoms with Gasteiger partial charge in [0.2, 0.25) is 0 Å². The summed E-state index contributed by atoms with van der Waals surface area (Å²) in [5.41, 5.74) is 0. The number of fused-ring (bicyclic) bond motifs is 1. The monoisotopic (exact) mass is 276 g/mol. The first kappa shape index (κ1) is 9.49. The molecule has 0 saturated carbocycles. The Kier molecular flexibility index (Phi) is 2.62. The van der Waals surface area contributed by atoms with Crippen molar-refractivity contribution in [1.29, 1.82) is 0 Å². The van der Waals surface area contributed by atoms with Crippen molar-refractivity contribution in [2.75, 3.05) is 6.26 Å². The van der Waals surface area contributed by atoms with Gasteiger partial charge in [-0.3, -0.25) is 0 Å². The molecular weight excluding hydrogens is 271 g/mol. The summed E-state index contributed by atoms with van der Waals surface area (Å²) in [4.78, 5) is 1.13. The molecule has 2 aromatic rings. The van der Waals surface area contributed by atoms with Crippen molar-refractivity contribution in [1.82, 2.24) is 0 Å². The van der Waals surface area contributed by atoms with Crippen LogP contribution in [0.1, 0.15) is 0 Å². The number of thiophene rings is 1. The molecule has 0 spiro atoms. The summed E-state index contributed by atoms with van der Waals surface area (Å²) >= 11 is 6.56. The van der Waals surface area contributed by atoms with Crippen LogP contribution in [0.3, 0.4) is 0 Å². The molecule has 0 amide bonds. The third-order valence-electron chi connectivity index (χ3n) is 1.82. The maximum atomic E-state index is 13.2. The molecule has 0 bridgehead atoms. The largest absolute Gasteiger partial charge is 0.206 e. The molecule has 1 aromatic heterocycles. The van der Waals surface area contributed by atoms with Crippen LogP contribution < -0.4 is 0 Å². The number of thioether (sulfide) groups is 1. The molecule has 0 saturated heterocycles. The summed E-state index contributed by atoms with van der Waals surface area (Å²) in [6.45, 7) is 0. The van der Waals surface area contributed by atoms with Crippen LogP contribution in [0.15, 0.2) is 26.9 Å². The topological polar surface area (TPSA) is 0 Å². The highest BCUT2D eigenvalue weighted by molar-refractivity contribution is 9.10. The molecule has 0 atom stereocenters. The second-order valence-corrected chi connectivity index (χ2v) is 5.09. The fourth-order valence-corrected chi connectivity index (χ4v) is 3.85. The molecule has 0 N–H and O–H groups in total. The molecule has 1 heterocycles. The van der Waals surface area contributed by atoms with Gasteiger partial charge in [0.1, 0.15) is 5.82 Å². The molecule has 68 valence electrons. The number of halogens is 2. The fourth-order valence-electron chi connectivity index (χ4n) is 1.19. The van der Waals surface area contributed by atoms with Gasteiger partial charge in [-0.15, -0.1) is 23.1 Å². The van der Waals surface area contributed by atoms with Gasteiger partial charge in [0.25, 0.3) is 0 Å². The van der Waals surface area contributed by atoms with E-state index in [1.165, 1.54) is 6.07 Å². The molecule has 2 rings (SSSR count). The predicted octanol–water partition coefficient (Wildman–Crippen LogP) is 4.52. The Labute approximate surface area is 92.3 Å². The molecule has 0 aliphatic carbocycles. The molecular formula is C9H6BrFS2. The fraction of sp³-hybridized carbons (Fsp3) is 0.111. The zero-order chi connectivity index (χ0) is 9.42. The van der Waals surface area contributed by atoms with E-state index in [9.17, 15) is 4.39 Å². The van der Waals surface area contributed by atoms with E-state index in [4.69, 9.17) is 0 Å². The minimum atomic E-state index is -0.193. The lowest BCUT2D eigenvalue weighted by molar-refractivity contribution is 0.623. The van der Waals surface area contributed by atoms with Gasteiger partial charge in [0, 0.05) is 20.4 Å². The molecule has 0 aliphatic rings. The SMILES string of the molecule is CSc1csc2ccc(F)c(Br)c12. The van der Waals surface area contributed by atoms with Gasteiger partial charge in [-0.05, 0) is 34.3 Å². The third kappa shape index (κ3) is 1.51. The molecule has 0 fully saturated rings. The highest BCUT2D eigenvalue weighted by atomic mass is 79.9. The standard InChI is InChI=1S/C9H6BrFS2/c1-12-7-4-13-6-3-2-5(11)9(10)8(6)7/h2-4H,1H3. The Balaban J connectivity index is 2.85. The first-order valence-corrected chi connectivity index (χ1v) is 6.53. The second-order valence-electron chi connectivity index (χ2n) is 2.54. The molecule has 0 unspecified atom stereocenters. The van der Waals surface area contributed by atoms with E-state index >= 15 is 0 Å². The third-order valence-corrected chi connectivity index (χ3v) is 4.45. The molecule has 0 radical (unpaired) electrons. The molecule has 0 aliphatic heterocycles. The van der Waals surface area contributed by atoms with Crippen LogP contribution in [0.5, 0.6) is 0 Å². The Bertz CT molecular complexity index is 450. The van der Waals surface area contributed by atoms with Gasteiger partial charge in [0.15, 0.2) is 0 Å². The summed E-state index contributed by atoms with van der Waals surface area (Å²) in [6.07, 6.45) is 2.00. The number of hydrogen-bond acceptors (Lipinski definition) is 2. The zero-order valence-corrected chi connectivity index (χ0v) is 10.0. The van der Waals surface area contributed by atoms with Gasteiger partial charge in [0.05, 0.1) is 4.47 Å². The number of hydrogen-bond donors (Lipinski definition) is 0. The average molecular weight is 277 g/mol. The summed E-state index contributed by atoms with van der Waals surface area (Å²) in [7, 11) is 0. The van der Waals surface area contributed by atoms with Crippen LogP contribution in [0, 0.1) is 5.82 Å². The predicted molar refractivity (Wildman–Crippen MR) is 61.3 cm³/mol. The van der Waals surface area contributed by atoms with E-state index in [2.05, 4.69) is 21.3 Å². The molecule has 0 nitrogen and oxygen atoms in total. The molecule has 13 heavy (non-hydrogen) atoms. The Hall–Kier alpha value is -0.0600. The van der Waals surface area contributed by atoms with Crippen molar-refractivity contribution >= 4 is 49.1 Å². The summed E-state index contributed by atoms with van der Waals surface area (Å²) in [5.74, 6) is -0.193. The van der Waals surface area contributed by atoms with Crippen molar-refractivity contribution in [2.45, 2.75) is 4.90 Å². The smallest absolute Gasteiger partial charge is 0.138 e. The van der Waals surface area contributed by atoms with E-state index in [1.807, 2.05) is 12.3 Å². The Morgan fingerprint density at radius 2 is 2.23 bits per heavy atom. The van der Waals surface area contributed by atoms with Crippen LogP contribution in [-0.4, -0.2) is 6.26 Å². The van der Waals surface area contributed by atoms with Gasteiger partial charge in [-0.1, -0.05) is 0 Å². The number of rotatable bonds is 1. The van der Waals surface area contributed by atoms with Crippen molar-refractivity contribution < 1.29 is 4.39 Å². The quantitative estimate of drug-likeness (QED) is 0.690. The lowest BCUT2D eigenvalue weighted by atomic mass is 10.2. The van der Waals surface area contributed by atoms with Gasteiger partial charge < -0.3 is 0 Å². The van der Waals surface area contributed by atoms with Crippen LogP contribution in [0.2, 0.25) is 0 Å². The minimum Gasteiger partial charge on any atom is -0.206 e. The highest BCUT2D eigenvalue weighted by Crippen LogP contribution is 2.38. The maximum Gasteiger partial charge on any atom is 0.138 e. The molecule has 4 heteroatoms. The zero-order valence-electron chi connectivity index (χ0n) is 6.80. The maximum absolute atomic E-state index is 13.2. The Morgan fingerprint density at radius 1 is 1.46 bits per heavy atom. The first-order chi connectivity index (χ1) is 6.24. The summed E-state index contributed by atoms with van der Waals surface area (Å²) < 4.78 is 14.9. The van der Waals surface area contributed by atoms with Crippen molar-refractivity contribution in [3.8, 4) is 0 Å². The van der Waals surface area contributed by atoms with Crippen molar-refractivity contribution in [3.05, 3.63) is 27.8 Å². The van der Waals surface area contributed by atoms with Crippen molar-refractivity contribution in [2.24, 2.45) is 0 Å². The first-order valence-electron chi connectivity index (χ1n) is 3.63. The van der Waals surface area contributed by atoms with E-state index in [0.717, 1.165) is 15.0 Å². The van der Waals surface area contributed by atoms with Gasteiger partial charge in [-0.25, -0.2) is 4.39 Å². The second kappa shape index (κ2) is 3.59. The van der Waals surface area contributed by atoms with Crippen LogP contribution in [-0.2, 0) is 0 Å². The average Bonchev–Trinajstić information content (AvgIpc) is 2.55. The van der Waals surface area contributed by atoms with E-state index < -0.39 is 0 Å².